The van der Waals surface area contributed by atoms with Crippen molar-refractivity contribution in [1.29, 1.82) is 0 Å². The van der Waals surface area contributed by atoms with Crippen LogP contribution in [0.4, 0.5) is 13.2 Å². The molecule has 0 amide bonds. The summed E-state index contributed by atoms with van der Waals surface area (Å²) >= 11 is 0.987. The van der Waals surface area contributed by atoms with Crippen LogP contribution in [-0.4, -0.2) is 24.7 Å². The van der Waals surface area contributed by atoms with Crippen LogP contribution in [0.25, 0.3) is 0 Å². The van der Waals surface area contributed by atoms with Crippen molar-refractivity contribution in [2.45, 2.75) is 12.3 Å². The molecule has 1 N–H and O–H groups in total. The van der Waals surface area contributed by atoms with E-state index in [1.807, 2.05) is 0 Å². The van der Waals surface area contributed by atoms with Gasteiger partial charge in [0.15, 0.2) is 5.69 Å². The molecular formula is C8H9F3N2OS. The highest BCUT2D eigenvalue weighted by Gasteiger charge is 2.34. The normalized spacial score (nSPS) is 23.0. The molecule has 1 aromatic rings. The Morgan fingerprint density at radius 2 is 2.33 bits per heavy atom. The Hall–Kier alpha value is -0.660. The van der Waals surface area contributed by atoms with E-state index in [-0.39, 0.29) is 6.10 Å². The number of nitrogens with zero attached hydrogens (tertiary/aromatic N) is 1. The molecule has 3 nitrogen and oxygen atoms in total. The van der Waals surface area contributed by atoms with Crippen molar-refractivity contribution in [2.75, 3.05) is 19.7 Å². The van der Waals surface area contributed by atoms with Gasteiger partial charge < -0.3 is 10.1 Å². The molecule has 1 aliphatic rings. The standard InChI is InChI=1S/C8H9F3N2OS/c9-8(10,11)6-4-15-7(13-6)5-3-12-1-2-14-5/h4-5,12H,1-3H2. The zero-order valence-electron chi connectivity index (χ0n) is 7.67. The van der Waals surface area contributed by atoms with Gasteiger partial charge in [-0.3, -0.25) is 0 Å². The van der Waals surface area contributed by atoms with Gasteiger partial charge in [-0.1, -0.05) is 0 Å². The van der Waals surface area contributed by atoms with E-state index in [4.69, 9.17) is 4.74 Å². The molecule has 2 rings (SSSR count). The van der Waals surface area contributed by atoms with Gasteiger partial charge in [0.05, 0.1) is 6.61 Å². The van der Waals surface area contributed by atoms with Gasteiger partial charge in [0.25, 0.3) is 0 Å². The number of halogens is 3. The predicted molar refractivity (Wildman–Crippen MR) is 48.7 cm³/mol. The fourth-order valence-electron chi connectivity index (χ4n) is 1.29. The highest BCUT2D eigenvalue weighted by atomic mass is 32.1. The summed E-state index contributed by atoms with van der Waals surface area (Å²) in [5.74, 6) is 0. The van der Waals surface area contributed by atoms with Crippen LogP contribution < -0.4 is 5.32 Å². The van der Waals surface area contributed by atoms with Crippen LogP contribution in [0.3, 0.4) is 0 Å². The molecule has 7 heteroatoms. The first kappa shape index (κ1) is 10.8. The lowest BCUT2D eigenvalue weighted by molar-refractivity contribution is -0.141. The number of nitrogens with one attached hydrogen (secondary N) is 1. The van der Waals surface area contributed by atoms with Crippen molar-refractivity contribution in [3.05, 3.63) is 16.1 Å². The highest BCUT2D eigenvalue weighted by molar-refractivity contribution is 7.09. The summed E-state index contributed by atoms with van der Waals surface area (Å²) in [4.78, 5) is 3.53. The van der Waals surface area contributed by atoms with E-state index in [2.05, 4.69) is 10.3 Å². The Bertz CT molecular complexity index is 333. The van der Waals surface area contributed by atoms with Crippen LogP contribution in [0.2, 0.25) is 0 Å². The Labute approximate surface area is 88.3 Å². The topological polar surface area (TPSA) is 34.1 Å². The van der Waals surface area contributed by atoms with Gasteiger partial charge in [-0.15, -0.1) is 11.3 Å². The second kappa shape index (κ2) is 4.07. The Balaban J connectivity index is 2.12. The molecule has 84 valence electrons. The van der Waals surface area contributed by atoms with E-state index in [1.54, 1.807) is 0 Å². The minimum atomic E-state index is -4.36. The molecule has 2 heterocycles. The third-order valence-corrected chi connectivity index (χ3v) is 2.95. The zero-order valence-corrected chi connectivity index (χ0v) is 8.49. The van der Waals surface area contributed by atoms with E-state index >= 15 is 0 Å². The summed E-state index contributed by atoms with van der Waals surface area (Å²) in [6.07, 6.45) is -4.71. The molecule has 1 aromatic heterocycles. The van der Waals surface area contributed by atoms with E-state index < -0.39 is 11.9 Å². The molecule has 0 aromatic carbocycles. The van der Waals surface area contributed by atoms with E-state index in [1.165, 1.54) is 0 Å². The van der Waals surface area contributed by atoms with Crippen LogP contribution >= 0.6 is 11.3 Å². The van der Waals surface area contributed by atoms with E-state index in [0.717, 1.165) is 23.3 Å². The molecule has 1 atom stereocenters. The molecular weight excluding hydrogens is 229 g/mol. The van der Waals surface area contributed by atoms with Crippen LogP contribution in [0.5, 0.6) is 0 Å². The average molecular weight is 238 g/mol. The summed E-state index contributed by atoms with van der Waals surface area (Å²) in [5, 5.41) is 4.45. The summed E-state index contributed by atoms with van der Waals surface area (Å²) in [5.41, 5.74) is -0.836. The van der Waals surface area contributed by atoms with Gasteiger partial charge in [0.2, 0.25) is 0 Å². The van der Waals surface area contributed by atoms with Gasteiger partial charge in [-0.05, 0) is 0 Å². The largest absolute Gasteiger partial charge is 0.434 e. The molecule has 0 bridgehead atoms. The number of aromatic nitrogens is 1. The molecule has 1 aliphatic heterocycles. The van der Waals surface area contributed by atoms with Crippen LogP contribution in [0.15, 0.2) is 5.38 Å². The number of thiazole rings is 1. The number of rotatable bonds is 1. The van der Waals surface area contributed by atoms with Gasteiger partial charge in [-0.25, -0.2) is 4.98 Å². The molecule has 0 saturated carbocycles. The summed E-state index contributed by atoms with van der Waals surface area (Å²) < 4.78 is 42.1. The molecule has 15 heavy (non-hydrogen) atoms. The molecule has 1 saturated heterocycles. The predicted octanol–water partition coefficient (Wildman–Crippen LogP) is 1.82. The van der Waals surface area contributed by atoms with Crippen LogP contribution in [0.1, 0.15) is 16.8 Å². The van der Waals surface area contributed by atoms with E-state index in [9.17, 15) is 13.2 Å². The van der Waals surface area contributed by atoms with Crippen molar-refractivity contribution < 1.29 is 17.9 Å². The third kappa shape index (κ3) is 2.47. The minimum absolute atomic E-state index is 0.347. The molecule has 0 aliphatic carbocycles. The van der Waals surface area contributed by atoms with Crippen molar-refractivity contribution in [2.24, 2.45) is 0 Å². The maximum Gasteiger partial charge on any atom is 0.434 e. The Morgan fingerprint density at radius 1 is 1.53 bits per heavy atom. The zero-order chi connectivity index (χ0) is 10.9. The Kier molecular flexibility index (Phi) is 2.94. The molecule has 1 unspecified atom stereocenters. The summed E-state index contributed by atoms with van der Waals surface area (Å²) in [6.45, 7) is 1.75. The fourth-order valence-corrected chi connectivity index (χ4v) is 2.16. The average Bonchev–Trinajstić information content (AvgIpc) is 2.67. The lowest BCUT2D eigenvalue weighted by atomic mass is 10.3. The maximum absolute atomic E-state index is 12.3. The number of morpholine rings is 1. The number of hydrogen-bond acceptors (Lipinski definition) is 4. The van der Waals surface area contributed by atoms with Gasteiger partial charge >= 0.3 is 6.18 Å². The molecule has 0 spiro atoms. The first-order chi connectivity index (χ1) is 7.07. The SMILES string of the molecule is FC(F)(F)c1csc(C2CNCCO2)n1. The maximum atomic E-state index is 12.3. The monoisotopic (exact) mass is 238 g/mol. The number of hydrogen-bond donors (Lipinski definition) is 1. The van der Waals surface area contributed by atoms with Crippen LogP contribution in [-0.2, 0) is 10.9 Å². The second-order valence-electron chi connectivity index (χ2n) is 3.13. The third-order valence-electron chi connectivity index (χ3n) is 2.02. The second-order valence-corrected chi connectivity index (χ2v) is 4.02. The first-order valence-corrected chi connectivity index (χ1v) is 5.30. The lowest BCUT2D eigenvalue weighted by Crippen LogP contribution is -2.33. The minimum Gasteiger partial charge on any atom is -0.368 e. The van der Waals surface area contributed by atoms with Gasteiger partial charge in [0, 0.05) is 18.5 Å². The number of alkyl halides is 3. The highest BCUT2D eigenvalue weighted by Crippen LogP contribution is 2.32. The van der Waals surface area contributed by atoms with Gasteiger partial charge in [-0.2, -0.15) is 13.2 Å². The van der Waals surface area contributed by atoms with Crippen molar-refractivity contribution in [3.8, 4) is 0 Å². The summed E-state index contributed by atoms with van der Waals surface area (Å²) in [7, 11) is 0. The van der Waals surface area contributed by atoms with Gasteiger partial charge in [0.1, 0.15) is 11.1 Å². The molecule has 1 fully saturated rings. The lowest BCUT2D eigenvalue weighted by Gasteiger charge is -2.21. The van der Waals surface area contributed by atoms with E-state index in [0.29, 0.717) is 18.2 Å². The van der Waals surface area contributed by atoms with Crippen molar-refractivity contribution in [3.63, 3.8) is 0 Å². The summed E-state index contributed by atoms with van der Waals surface area (Å²) in [6, 6.07) is 0. The van der Waals surface area contributed by atoms with Crippen LogP contribution in [0, 0.1) is 0 Å². The quantitative estimate of drug-likeness (QED) is 0.810. The fraction of sp³-hybridized carbons (Fsp3) is 0.625. The van der Waals surface area contributed by atoms with Crippen molar-refractivity contribution in [1.82, 2.24) is 10.3 Å². The smallest absolute Gasteiger partial charge is 0.368 e. The number of ether oxygens (including phenoxy) is 1. The first-order valence-electron chi connectivity index (χ1n) is 4.42. The Morgan fingerprint density at radius 3 is 2.87 bits per heavy atom. The molecule has 0 radical (unpaired) electrons. The van der Waals surface area contributed by atoms with Crippen molar-refractivity contribution >= 4 is 11.3 Å².